The van der Waals surface area contributed by atoms with Crippen molar-refractivity contribution in [3.63, 3.8) is 0 Å². The van der Waals surface area contributed by atoms with Crippen LogP contribution >= 0.6 is 0 Å². The van der Waals surface area contributed by atoms with Gasteiger partial charge in [-0.25, -0.2) is 4.98 Å². The summed E-state index contributed by atoms with van der Waals surface area (Å²) in [4.78, 5) is 19.1. The summed E-state index contributed by atoms with van der Waals surface area (Å²) in [6.07, 6.45) is 2.19. The molecule has 0 amide bonds. The van der Waals surface area contributed by atoms with Crippen molar-refractivity contribution in [2.24, 2.45) is 5.41 Å². The molecule has 1 saturated heterocycles. The first kappa shape index (κ1) is 16.9. The molecule has 1 aromatic heterocycles. The van der Waals surface area contributed by atoms with Crippen molar-refractivity contribution in [1.29, 1.82) is 0 Å². The van der Waals surface area contributed by atoms with Crippen LogP contribution in [0.15, 0.2) is 47.5 Å². The first-order chi connectivity index (χ1) is 11.3. The van der Waals surface area contributed by atoms with Gasteiger partial charge in [0.15, 0.2) is 0 Å². The Morgan fingerprint density at radius 1 is 1.25 bits per heavy atom. The summed E-state index contributed by atoms with van der Waals surface area (Å²) in [6, 6.07) is 11.2. The summed E-state index contributed by atoms with van der Waals surface area (Å²) in [5.41, 5.74) is 0.232. The van der Waals surface area contributed by atoms with Gasteiger partial charge < -0.3 is 10.0 Å². The topological polar surface area (TPSA) is 58.4 Å². The van der Waals surface area contributed by atoms with Crippen LogP contribution in [0.5, 0.6) is 0 Å². The first-order valence-electron chi connectivity index (χ1n) is 8.34. The van der Waals surface area contributed by atoms with E-state index in [0.29, 0.717) is 12.1 Å². The standard InChI is InChI=1S/C19H25N3O2/c1-18(2)12-21(3)10-9-19(18,24)13-22-14-20-16(11-17(22)23)15-7-5-4-6-8-15/h4-8,11,14,24H,9-10,12-13H2,1-3H3. The highest BCUT2D eigenvalue weighted by Gasteiger charge is 2.47. The van der Waals surface area contributed by atoms with Gasteiger partial charge in [0.05, 0.1) is 24.2 Å². The maximum atomic E-state index is 12.5. The largest absolute Gasteiger partial charge is 0.387 e. The van der Waals surface area contributed by atoms with Crippen LogP contribution in [0.2, 0.25) is 0 Å². The van der Waals surface area contributed by atoms with E-state index in [1.165, 1.54) is 4.57 Å². The third kappa shape index (κ3) is 3.14. The lowest BCUT2D eigenvalue weighted by Crippen LogP contribution is -2.59. The van der Waals surface area contributed by atoms with Gasteiger partial charge in [-0.05, 0) is 13.5 Å². The van der Waals surface area contributed by atoms with E-state index < -0.39 is 5.60 Å². The lowest BCUT2D eigenvalue weighted by atomic mass is 9.70. The van der Waals surface area contributed by atoms with Crippen LogP contribution in [0.1, 0.15) is 20.3 Å². The minimum absolute atomic E-state index is 0.132. The van der Waals surface area contributed by atoms with Crippen molar-refractivity contribution >= 4 is 0 Å². The summed E-state index contributed by atoms with van der Waals surface area (Å²) in [7, 11) is 2.06. The summed E-state index contributed by atoms with van der Waals surface area (Å²) in [5.74, 6) is 0. The lowest BCUT2D eigenvalue weighted by molar-refractivity contribution is -0.124. The summed E-state index contributed by atoms with van der Waals surface area (Å²) in [5, 5.41) is 11.2. The highest BCUT2D eigenvalue weighted by molar-refractivity contribution is 5.57. The summed E-state index contributed by atoms with van der Waals surface area (Å²) < 4.78 is 1.53. The molecule has 24 heavy (non-hydrogen) atoms. The Bertz CT molecular complexity index is 770. The maximum Gasteiger partial charge on any atom is 0.253 e. The van der Waals surface area contributed by atoms with Crippen LogP contribution in [0.3, 0.4) is 0 Å². The molecule has 2 heterocycles. The Morgan fingerprint density at radius 2 is 1.96 bits per heavy atom. The Hall–Kier alpha value is -1.98. The molecule has 0 radical (unpaired) electrons. The number of piperidine rings is 1. The quantitative estimate of drug-likeness (QED) is 0.937. The van der Waals surface area contributed by atoms with Gasteiger partial charge in [0.1, 0.15) is 0 Å². The Balaban J connectivity index is 1.87. The fourth-order valence-electron chi connectivity index (χ4n) is 3.50. The molecule has 5 nitrogen and oxygen atoms in total. The van der Waals surface area contributed by atoms with Gasteiger partial charge >= 0.3 is 0 Å². The van der Waals surface area contributed by atoms with Crippen molar-refractivity contribution in [3.05, 3.63) is 53.1 Å². The van der Waals surface area contributed by atoms with Gasteiger partial charge in [-0.2, -0.15) is 0 Å². The van der Waals surface area contributed by atoms with Gasteiger partial charge in [0.2, 0.25) is 0 Å². The van der Waals surface area contributed by atoms with Crippen LogP contribution in [0, 0.1) is 5.41 Å². The van der Waals surface area contributed by atoms with Gasteiger partial charge in [0, 0.05) is 30.1 Å². The summed E-state index contributed by atoms with van der Waals surface area (Å²) in [6.45, 7) is 6.01. The number of likely N-dealkylation sites (tertiary alicyclic amines) is 1. The van der Waals surface area contributed by atoms with E-state index >= 15 is 0 Å². The van der Waals surface area contributed by atoms with Crippen LogP contribution < -0.4 is 5.56 Å². The second-order valence-corrected chi connectivity index (χ2v) is 7.51. The molecular formula is C19H25N3O2. The monoisotopic (exact) mass is 327 g/mol. The van der Waals surface area contributed by atoms with Crippen molar-refractivity contribution in [3.8, 4) is 11.3 Å². The zero-order chi connectivity index (χ0) is 17.4. The highest BCUT2D eigenvalue weighted by atomic mass is 16.3. The Labute approximate surface area is 142 Å². The molecule has 0 saturated carbocycles. The van der Waals surface area contributed by atoms with Gasteiger partial charge in [-0.3, -0.25) is 9.36 Å². The molecule has 0 spiro atoms. The van der Waals surface area contributed by atoms with Crippen molar-refractivity contribution in [2.75, 3.05) is 20.1 Å². The van der Waals surface area contributed by atoms with Crippen molar-refractivity contribution in [2.45, 2.75) is 32.4 Å². The van der Waals surface area contributed by atoms with Crippen molar-refractivity contribution in [1.82, 2.24) is 14.5 Å². The first-order valence-corrected chi connectivity index (χ1v) is 8.34. The molecule has 0 aliphatic carbocycles. The average Bonchev–Trinajstić information content (AvgIpc) is 2.54. The van der Waals surface area contributed by atoms with E-state index in [1.54, 1.807) is 12.4 Å². The van der Waals surface area contributed by atoms with Gasteiger partial charge in [-0.1, -0.05) is 44.2 Å². The molecule has 2 aromatic rings. The molecule has 5 heteroatoms. The average molecular weight is 327 g/mol. The molecule has 0 bridgehead atoms. The van der Waals surface area contributed by atoms with Crippen LogP contribution in [-0.2, 0) is 6.54 Å². The van der Waals surface area contributed by atoms with E-state index in [9.17, 15) is 9.90 Å². The normalized spacial score (nSPS) is 24.0. The molecule has 1 atom stereocenters. The molecule has 1 aliphatic heterocycles. The van der Waals surface area contributed by atoms with Crippen LogP contribution in [-0.4, -0.2) is 45.3 Å². The number of rotatable bonds is 3. The van der Waals surface area contributed by atoms with E-state index in [0.717, 1.165) is 18.7 Å². The highest BCUT2D eigenvalue weighted by Crippen LogP contribution is 2.39. The zero-order valence-corrected chi connectivity index (χ0v) is 14.6. The number of nitrogens with zero attached hydrogens (tertiary/aromatic N) is 3. The molecule has 1 aromatic carbocycles. The fourth-order valence-corrected chi connectivity index (χ4v) is 3.50. The number of aliphatic hydroxyl groups is 1. The third-order valence-corrected chi connectivity index (χ3v) is 5.21. The molecule has 3 rings (SSSR count). The zero-order valence-electron chi connectivity index (χ0n) is 14.6. The van der Waals surface area contributed by atoms with Crippen molar-refractivity contribution < 1.29 is 5.11 Å². The van der Waals surface area contributed by atoms with Crippen LogP contribution in [0.4, 0.5) is 0 Å². The van der Waals surface area contributed by atoms with E-state index in [2.05, 4.69) is 30.8 Å². The van der Waals surface area contributed by atoms with Gasteiger partial charge in [-0.15, -0.1) is 0 Å². The number of benzene rings is 1. The third-order valence-electron chi connectivity index (χ3n) is 5.21. The van der Waals surface area contributed by atoms with Gasteiger partial charge in [0.25, 0.3) is 5.56 Å². The molecular weight excluding hydrogens is 302 g/mol. The minimum atomic E-state index is -0.917. The predicted octanol–water partition coefficient (Wildman–Crippen LogP) is 2.00. The smallest absolute Gasteiger partial charge is 0.253 e. The maximum absolute atomic E-state index is 12.5. The lowest BCUT2D eigenvalue weighted by Gasteiger charge is -2.49. The minimum Gasteiger partial charge on any atom is -0.387 e. The number of hydrogen-bond acceptors (Lipinski definition) is 4. The van der Waals surface area contributed by atoms with Crippen LogP contribution in [0.25, 0.3) is 11.3 Å². The van der Waals surface area contributed by atoms with E-state index in [-0.39, 0.29) is 17.5 Å². The molecule has 128 valence electrons. The molecule has 1 unspecified atom stereocenters. The van der Waals surface area contributed by atoms with E-state index in [1.807, 2.05) is 30.3 Å². The second kappa shape index (κ2) is 6.15. The number of aromatic nitrogens is 2. The second-order valence-electron chi connectivity index (χ2n) is 7.51. The number of hydrogen-bond donors (Lipinski definition) is 1. The Kier molecular flexibility index (Phi) is 4.32. The fraction of sp³-hybridized carbons (Fsp3) is 0.474. The Morgan fingerprint density at radius 3 is 2.58 bits per heavy atom. The van der Waals surface area contributed by atoms with E-state index in [4.69, 9.17) is 0 Å². The molecule has 1 aliphatic rings. The summed E-state index contributed by atoms with van der Waals surface area (Å²) >= 11 is 0. The molecule has 1 fully saturated rings. The SMILES string of the molecule is CN1CCC(O)(Cn2cnc(-c3ccccc3)cc2=O)C(C)(C)C1. The predicted molar refractivity (Wildman–Crippen MR) is 94.8 cm³/mol. The molecule has 1 N–H and O–H groups in total.